The van der Waals surface area contributed by atoms with Crippen molar-refractivity contribution < 1.29 is 19.1 Å². The molecule has 8 heteroatoms. The number of rotatable bonds is 6. The molecule has 1 heterocycles. The van der Waals surface area contributed by atoms with Crippen LogP contribution in [0.2, 0.25) is 5.02 Å². The summed E-state index contributed by atoms with van der Waals surface area (Å²) in [5.74, 6) is -0.385. The van der Waals surface area contributed by atoms with Crippen LogP contribution >= 0.6 is 11.6 Å². The lowest BCUT2D eigenvalue weighted by Gasteiger charge is -2.21. The van der Waals surface area contributed by atoms with E-state index < -0.39 is 18.1 Å². The first kappa shape index (κ1) is 24.3. The van der Waals surface area contributed by atoms with Gasteiger partial charge in [0.25, 0.3) is 5.91 Å². The van der Waals surface area contributed by atoms with E-state index in [9.17, 15) is 14.4 Å². The second kappa shape index (κ2) is 11.5. The van der Waals surface area contributed by atoms with E-state index >= 15 is 0 Å². The molecule has 0 bridgehead atoms. The van der Waals surface area contributed by atoms with E-state index in [4.69, 9.17) is 16.3 Å². The molecule has 0 saturated carbocycles. The molecule has 0 radical (unpaired) electrons. The first-order valence-corrected chi connectivity index (χ1v) is 11.9. The van der Waals surface area contributed by atoms with Gasteiger partial charge >= 0.3 is 6.09 Å². The van der Waals surface area contributed by atoms with E-state index in [0.717, 1.165) is 24.9 Å². The molecule has 2 N–H and O–H groups in total. The molecule has 0 aromatic heterocycles. The van der Waals surface area contributed by atoms with E-state index in [2.05, 4.69) is 10.6 Å². The van der Waals surface area contributed by atoms with E-state index in [1.54, 1.807) is 65.6 Å². The summed E-state index contributed by atoms with van der Waals surface area (Å²) in [4.78, 5) is 39.8. The lowest BCUT2D eigenvalue weighted by molar-refractivity contribution is -0.124. The molecule has 3 aromatic rings. The van der Waals surface area contributed by atoms with Crippen molar-refractivity contribution in [2.75, 3.05) is 22.1 Å². The number of benzene rings is 3. The Hall–Kier alpha value is -3.84. The number of carbonyl (C=O) groups excluding carboxylic acids is 3. The smallest absolute Gasteiger partial charge is 0.412 e. The largest absolute Gasteiger partial charge is 0.431 e. The number of hydrogen-bond acceptors (Lipinski definition) is 4. The van der Waals surface area contributed by atoms with Gasteiger partial charge in [0, 0.05) is 40.6 Å². The van der Waals surface area contributed by atoms with Crippen LogP contribution in [0.15, 0.2) is 78.9 Å². The van der Waals surface area contributed by atoms with Crippen LogP contribution in [0.3, 0.4) is 0 Å². The Balaban J connectivity index is 1.45. The number of nitrogens with one attached hydrogen (secondary N) is 2. The summed E-state index contributed by atoms with van der Waals surface area (Å²) in [6.45, 7) is 0.692. The Morgan fingerprint density at radius 3 is 2.20 bits per heavy atom. The molecular weight excluding hydrogens is 466 g/mol. The van der Waals surface area contributed by atoms with Crippen molar-refractivity contribution in [3.8, 4) is 0 Å². The zero-order valence-corrected chi connectivity index (χ0v) is 19.8. The molecule has 180 valence electrons. The van der Waals surface area contributed by atoms with Crippen LogP contribution in [0.1, 0.15) is 37.4 Å². The highest BCUT2D eigenvalue weighted by molar-refractivity contribution is 6.30. The monoisotopic (exact) mass is 491 g/mol. The van der Waals surface area contributed by atoms with Gasteiger partial charge in [0.2, 0.25) is 12.0 Å². The predicted octanol–water partition coefficient (Wildman–Crippen LogP) is 6.18. The van der Waals surface area contributed by atoms with Crippen LogP contribution in [0.5, 0.6) is 0 Å². The maximum Gasteiger partial charge on any atom is 0.412 e. The molecule has 3 aromatic carbocycles. The number of carbonyl (C=O) groups is 3. The lowest BCUT2D eigenvalue weighted by atomic mass is 10.1. The van der Waals surface area contributed by atoms with Crippen molar-refractivity contribution in [2.45, 2.75) is 31.8 Å². The average Bonchev–Trinajstić information content (AvgIpc) is 3.09. The maximum absolute atomic E-state index is 13.1. The summed E-state index contributed by atoms with van der Waals surface area (Å²) < 4.78 is 5.50. The van der Waals surface area contributed by atoms with Gasteiger partial charge < -0.3 is 15.0 Å². The average molecular weight is 492 g/mol. The second-order valence-corrected chi connectivity index (χ2v) is 8.66. The summed E-state index contributed by atoms with van der Waals surface area (Å²) in [6, 6.07) is 22.4. The van der Waals surface area contributed by atoms with Crippen LogP contribution < -0.4 is 15.5 Å². The molecule has 1 atom stereocenters. The quantitative estimate of drug-likeness (QED) is 0.431. The molecule has 35 heavy (non-hydrogen) atoms. The predicted molar refractivity (Wildman–Crippen MR) is 137 cm³/mol. The first-order valence-electron chi connectivity index (χ1n) is 11.5. The van der Waals surface area contributed by atoms with Gasteiger partial charge in [0.1, 0.15) is 0 Å². The molecule has 3 amide bonds. The number of halogens is 1. The van der Waals surface area contributed by atoms with E-state index in [1.165, 1.54) is 0 Å². The summed E-state index contributed by atoms with van der Waals surface area (Å²) in [5.41, 5.74) is 2.35. The minimum absolute atomic E-state index is 0.114. The third-order valence-electron chi connectivity index (χ3n) is 5.68. The molecule has 7 nitrogen and oxygen atoms in total. The van der Waals surface area contributed by atoms with E-state index in [-0.39, 0.29) is 5.91 Å². The summed E-state index contributed by atoms with van der Waals surface area (Å²) in [6.07, 6.45) is 1.53. The fraction of sp³-hybridized carbons (Fsp3) is 0.222. The third-order valence-corrected chi connectivity index (χ3v) is 5.93. The van der Waals surface area contributed by atoms with Crippen LogP contribution in [-0.4, -0.2) is 24.5 Å². The Bertz CT molecular complexity index is 1170. The molecule has 1 aliphatic rings. The molecule has 1 unspecified atom stereocenters. The van der Waals surface area contributed by atoms with Crippen LogP contribution in [0.25, 0.3) is 0 Å². The van der Waals surface area contributed by atoms with Gasteiger partial charge in [-0.3, -0.25) is 14.9 Å². The molecule has 1 saturated heterocycles. The Morgan fingerprint density at radius 2 is 1.49 bits per heavy atom. The van der Waals surface area contributed by atoms with Gasteiger partial charge in [-0.25, -0.2) is 4.79 Å². The highest BCUT2D eigenvalue weighted by Crippen LogP contribution is 2.25. The number of nitrogens with zero attached hydrogens (tertiary/aromatic N) is 1. The Kier molecular flexibility index (Phi) is 8.00. The van der Waals surface area contributed by atoms with Gasteiger partial charge in [0.05, 0.1) is 0 Å². The molecule has 0 spiro atoms. The van der Waals surface area contributed by atoms with Crippen molar-refractivity contribution in [1.82, 2.24) is 0 Å². The molecule has 0 aliphatic carbocycles. The van der Waals surface area contributed by atoms with Crippen LogP contribution in [-0.2, 0) is 14.3 Å². The minimum atomic E-state index is -1.17. The van der Waals surface area contributed by atoms with Gasteiger partial charge in [-0.2, -0.15) is 0 Å². The standard InChI is InChI=1S/C27H26ClN3O4/c28-20-10-12-22(13-11-20)30-27(34)35-25(19-7-3-1-4-8-19)26(33)29-21-14-16-23(17-15-21)31-18-6-2-5-9-24(31)32/h1,3-4,7-8,10-17,25H,2,5-6,9,18H2,(H,29,33)(H,30,34). The third kappa shape index (κ3) is 6.61. The van der Waals surface area contributed by atoms with Crippen molar-refractivity contribution in [3.05, 3.63) is 89.4 Å². The number of amides is 3. The van der Waals surface area contributed by atoms with Gasteiger partial charge in [-0.05, 0) is 61.4 Å². The highest BCUT2D eigenvalue weighted by atomic mass is 35.5. The van der Waals surface area contributed by atoms with Gasteiger partial charge in [-0.1, -0.05) is 48.4 Å². The molecule has 4 rings (SSSR count). The van der Waals surface area contributed by atoms with E-state index in [1.807, 2.05) is 18.2 Å². The SMILES string of the molecule is O=C(Nc1ccc(Cl)cc1)OC(C(=O)Nc1ccc(N2CCCCCC2=O)cc1)c1ccccc1. The maximum atomic E-state index is 13.1. The first-order chi connectivity index (χ1) is 17.0. The Morgan fingerprint density at radius 1 is 0.829 bits per heavy atom. The summed E-state index contributed by atoms with van der Waals surface area (Å²) in [5, 5.41) is 5.95. The summed E-state index contributed by atoms with van der Waals surface area (Å²) >= 11 is 5.88. The molecule has 1 aliphatic heterocycles. The fourth-order valence-electron chi connectivity index (χ4n) is 3.88. The summed E-state index contributed by atoms with van der Waals surface area (Å²) in [7, 11) is 0. The molecule has 1 fully saturated rings. The molecular formula is C27H26ClN3O4. The Labute approximate surface area is 209 Å². The van der Waals surface area contributed by atoms with Crippen LogP contribution in [0, 0.1) is 0 Å². The lowest BCUT2D eigenvalue weighted by Crippen LogP contribution is -2.30. The normalized spacial score (nSPS) is 14.5. The zero-order chi connectivity index (χ0) is 24.6. The zero-order valence-electron chi connectivity index (χ0n) is 19.1. The topological polar surface area (TPSA) is 87.7 Å². The van der Waals surface area contributed by atoms with E-state index in [0.29, 0.717) is 34.9 Å². The van der Waals surface area contributed by atoms with Gasteiger partial charge in [-0.15, -0.1) is 0 Å². The fourth-order valence-corrected chi connectivity index (χ4v) is 4.00. The van der Waals surface area contributed by atoms with Crippen molar-refractivity contribution in [3.63, 3.8) is 0 Å². The minimum Gasteiger partial charge on any atom is -0.431 e. The van der Waals surface area contributed by atoms with Gasteiger partial charge in [0.15, 0.2) is 0 Å². The van der Waals surface area contributed by atoms with Crippen molar-refractivity contribution in [1.29, 1.82) is 0 Å². The van der Waals surface area contributed by atoms with Crippen LogP contribution in [0.4, 0.5) is 21.9 Å². The highest BCUT2D eigenvalue weighted by Gasteiger charge is 2.25. The number of ether oxygens (including phenoxy) is 1. The van der Waals surface area contributed by atoms with Crippen molar-refractivity contribution in [2.24, 2.45) is 0 Å². The second-order valence-electron chi connectivity index (χ2n) is 8.22. The number of hydrogen-bond donors (Lipinski definition) is 2. The van der Waals surface area contributed by atoms with Crippen molar-refractivity contribution >= 4 is 46.6 Å². The number of anilines is 3.